The summed E-state index contributed by atoms with van der Waals surface area (Å²) in [5.41, 5.74) is 6.43. The smallest absolute Gasteiger partial charge is 0.141 e. The van der Waals surface area contributed by atoms with Gasteiger partial charge in [0.15, 0.2) is 0 Å². The largest absolute Gasteiger partial charge is 0.492 e. The van der Waals surface area contributed by atoms with Crippen molar-refractivity contribution < 1.29 is 4.74 Å². The average molecular weight is 273 g/mol. The molecule has 0 saturated heterocycles. The standard InChI is InChI=1S/C12H14Cl2N2O/c13-10-7-9(3-5-16)12(11(14)8-10)17-6-2-1-4-15/h7-8H,1-3,5-6,16H2. The predicted octanol–water partition coefficient (Wildman–Crippen LogP) is 3.18. The van der Waals surface area contributed by atoms with Crippen LogP contribution in [0.3, 0.4) is 0 Å². The Labute approximate surface area is 111 Å². The number of halogens is 2. The molecule has 2 N–H and O–H groups in total. The van der Waals surface area contributed by atoms with Crippen LogP contribution < -0.4 is 10.5 Å². The minimum Gasteiger partial charge on any atom is -0.492 e. The molecule has 17 heavy (non-hydrogen) atoms. The summed E-state index contributed by atoms with van der Waals surface area (Å²) in [7, 11) is 0. The fourth-order valence-corrected chi connectivity index (χ4v) is 2.03. The molecule has 1 rings (SSSR count). The fraction of sp³-hybridized carbons (Fsp3) is 0.417. The molecule has 0 atom stereocenters. The lowest BCUT2D eigenvalue weighted by molar-refractivity contribution is 0.310. The first-order chi connectivity index (χ1) is 8.19. The molecule has 0 unspecified atom stereocenters. The first-order valence-corrected chi connectivity index (χ1v) is 6.12. The van der Waals surface area contributed by atoms with Gasteiger partial charge in [-0.3, -0.25) is 0 Å². The van der Waals surface area contributed by atoms with Gasteiger partial charge in [-0.1, -0.05) is 23.2 Å². The van der Waals surface area contributed by atoms with Gasteiger partial charge in [-0.05, 0) is 37.1 Å². The summed E-state index contributed by atoms with van der Waals surface area (Å²) in [5, 5.41) is 9.48. The number of rotatable bonds is 6. The van der Waals surface area contributed by atoms with E-state index in [0.717, 1.165) is 5.56 Å². The maximum Gasteiger partial charge on any atom is 0.141 e. The van der Waals surface area contributed by atoms with Crippen LogP contribution in [0.2, 0.25) is 10.0 Å². The quantitative estimate of drug-likeness (QED) is 0.810. The molecule has 1 aromatic carbocycles. The lowest BCUT2D eigenvalue weighted by Crippen LogP contribution is -2.06. The lowest BCUT2D eigenvalue weighted by atomic mass is 10.1. The summed E-state index contributed by atoms with van der Waals surface area (Å²) in [6, 6.07) is 5.51. The summed E-state index contributed by atoms with van der Waals surface area (Å²) in [6.07, 6.45) is 1.81. The second-order valence-corrected chi connectivity index (χ2v) is 4.37. The topological polar surface area (TPSA) is 59.0 Å². The average Bonchev–Trinajstić information content (AvgIpc) is 2.27. The number of unbranched alkanes of at least 4 members (excludes halogenated alkanes) is 1. The second-order valence-electron chi connectivity index (χ2n) is 3.52. The number of ether oxygens (including phenoxy) is 1. The molecule has 1 aromatic rings. The van der Waals surface area contributed by atoms with Crippen LogP contribution in [0.5, 0.6) is 5.75 Å². The Hall–Kier alpha value is -0.950. The van der Waals surface area contributed by atoms with Crippen LogP contribution in [0, 0.1) is 11.3 Å². The van der Waals surface area contributed by atoms with Crippen LogP contribution in [0.15, 0.2) is 12.1 Å². The first-order valence-electron chi connectivity index (χ1n) is 5.36. The number of hydrogen-bond acceptors (Lipinski definition) is 3. The minimum atomic E-state index is 0.465. The highest BCUT2D eigenvalue weighted by molar-refractivity contribution is 6.35. The zero-order valence-corrected chi connectivity index (χ0v) is 10.9. The monoisotopic (exact) mass is 272 g/mol. The van der Waals surface area contributed by atoms with E-state index in [2.05, 4.69) is 6.07 Å². The summed E-state index contributed by atoms with van der Waals surface area (Å²) >= 11 is 12.0. The molecule has 0 aliphatic heterocycles. The Kier molecular flexibility index (Phi) is 6.13. The Bertz CT molecular complexity index is 416. The Balaban J connectivity index is 2.77. The summed E-state index contributed by atoms with van der Waals surface area (Å²) in [4.78, 5) is 0. The highest BCUT2D eigenvalue weighted by Crippen LogP contribution is 2.32. The molecule has 0 bridgehead atoms. The molecule has 0 spiro atoms. The molecular formula is C12H14Cl2N2O. The maximum absolute atomic E-state index is 8.43. The van der Waals surface area contributed by atoms with E-state index in [-0.39, 0.29) is 0 Å². The molecule has 0 heterocycles. The molecule has 0 aromatic heterocycles. The molecule has 0 aliphatic rings. The van der Waals surface area contributed by atoms with E-state index in [1.54, 1.807) is 12.1 Å². The normalized spacial score (nSPS) is 10.0. The number of nitriles is 1. The van der Waals surface area contributed by atoms with Crippen molar-refractivity contribution in [3.05, 3.63) is 27.7 Å². The molecule has 0 amide bonds. The van der Waals surface area contributed by atoms with Crippen LogP contribution in [0.1, 0.15) is 18.4 Å². The second kappa shape index (κ2) is 7.39. The number of nitrogens with zero attached hydrogens (tertiary/aromatic N) is 1. The van der Waals surface area contributed by atoms with Crippen LogP contribution in [0.4, 0.5) is 0 Å². The van der Waals surface area contributed by atoms with Crippen molar-refractivity contribution in [2.45, 2.75) is 19.3 Å². The van der Waals surface area contributed by atoms with Crippen LogP contribution in [-0.4, -0.2) is 13.2 Å². The van der Waals surface area contributed by atoms with Crippen molar-refractivity contribution >= 4 is 23.2 Å². The van der Waals surface area contributed by atoms with Crippen LogP contribution in [0.25, 0.3) is 0 Å². The molecule has 0 saturated carbocycles. The fourth-order valence-electron chi connectivity index (χ4n) is 1.44. The predicted molar refractivity (Wildman–Crippen MR) is 69.6 cm³/mol. The Morgan fingerprint density at radius 1 is 1.35 bits per heavy atom. The Morgan fingerprint density at radius 2 is 2.12 bits per heavy atom. The molecular weight excluding hydrogens is 259 g/mol. The van der Waals surface area contributed by atoms with E-state index in [1.807, 2.05) is 0 Å². The van der Waals surface area contributed by atoms with E-state index in [9.17, 15) is 0 Å². The van der Waals surface area contributed by atoms with Gasteiger partial charge in [-0.2, -0.15) is 5.26 Å². The zero-order valence-electron chi connectivity index (χ0n) is 9.38. The molecule has 0 fully saturated rings. The summed E-state index contributed by atoms with van der Waals surface area (Å²) < 4.78 is 5.58. The van der Waals surface area contributed by atoms with Crippen molar-refractivity contribution in [3.8, 4) is 11.8 Å². The summed E-state index contributed by atoms with van der Waals surface area (Å²) in [6.45, 7) is 0.970. The van der Waals surface area contributed by atoms with E-state index in [1.165, 1.54) is 0 Å². The SMILES string of the molecule is N#CCCCOc1c(Cl)cc(Cl)cc1CCN. The van der Waals surface area contributed by atoms with E-state index in [0.29, 0.717) is 48.2 Å². The Morgan fingerprint density at radius 3 is 2.76 bits per heavy atom. The number of nitrogens with two attached hydrogens (primary N) is 1. The van der Waals surface area contributed by atoms with Gasteiger partial charge in [0, 0.05) is 11.4 Å². The van der Waals surface area contributed by atoms with Gasteiger partial charge < -0.3 is 10.5 Å². The lowest BCUT2D eigenvalue weighted by Gasteiger charge is -2.13. The molecule has 5 heteroatoms. The van der Waals surface area contributed by atoms with Gasteiger partial charge in [0.05, 0.1) is 17.7 Å². The first kappa shape index (κ1) is 14.1. The number of hydrogen-bond donors (Lipinski definition) is 1. The van der Waals surface area contributed by atoms with Crippen molar-refractivity contribution in [3.63, 3.8) is 0 Å². The third kappa shape index (κ3) is 4.43. The van der Waals surface area contributed by atoms with E-state index >= 15 is 0 Å². The van der Waals surface area contributed by atoms with Crippen molar-refractivity contribution in [1.82, 2.24) is 0 Å². The maximum atomic E-state index is 8.43. The highest BCUT2D eigenvalue weighted by atomic mass is 35.5. The van der Waals surface area contributed by atoms with Crippen molar-refractivity contribution in [2.24, 2.45) is 5.73 Å². The van der Waals surface area contributed by atoms with Crippen molar-refractivity contribution in [2.75, 3.05) is 13.2 Å². The van der Waals surface area contributed by atoms with E-state index < -0.39 is 0 Å². The summed E-state index contributed by atoms with van der Waals surface area (Å²) in [5.74, 6) is 0.624. The third-order valence-corrected chi connectivity index (χ3v) is 2.68. The van der Waals surface area contributed by atoms with Gasteiger partial charge >= 0.3 is 0 Å². The van der Waals surface area contributed by atoms with Crippen LogP contribution >= 0.6 is 23.2 Å². The van der Waals surface area contributed by atoms with Crippen LogP contribution in [-0.2, 0) is 6.42 Å². The molecule has 92 valence electrons. The van der Waals surface area contributed by atoms with Gasteiger partial charge in [-0.15, -0.1) is 0 Å². The third-order valence-electron chi connectivity index (χ3n) is 2.18. The van der Waals surface area contributed by atoms with E-state index in [4.69, 9.17) is 38.9 Å². The molecule has 0 aliphatic carbocycles. The highest BCUT2D eigenvalue weighted by Gasteiger charge is 2.10. The van der Waals surface area contributed by atoms with Crippen molar-refractivity contribution in [1.29, 1.82) is 5.26 Å². The van der Waals surface area contributed by atoms with Gasteiger partial charge in [0.1, 0.15) is 5.75 Å². The van der Waals surface area contributed by atoms with Gasteiger partial charge in [0.25, 0.3) is 0 Å². The molecule has 0 radical (unpaired) electrons. The number of benzene rings is 1. The van der Waals surface area contributed by atoms with Gasteiger partial charge in [0.2, 0.25) is 0 Å². The van der Waals surface area contributed by atoms with Gasteiger partial charge in [-0.25, -0.2) is 0 Å². The minimum absolute atomic E-state index is 0.465. The zero-order chi connectivity index (χ0) is 12.7. The molecule has 3 nitrogen and oxygen atoms in total.